The lowest BCUT2D eigenvalue weighted by molar-refractivity contribution is 0.0409. The minimum Gasteiger partial charge on any atom is -0.385 e. The van der Waals surface area contributed by atoms with Crippen LogP contribution < -0.4 is 4.84 Å². The van der Waals surface area contributed by atoms with Gasteiger partial charge in [0.15, 0.2) is 9.84 Å². The zero-order valence-electron chi connectivity index (χ0n) is 23.9. The molecule has 0 fully saturated rings. The van der Waals surface area contributed by atoms with E-state index in [2.05, 4.69) is 20.5 Å². The summed E-state index contributed by atoms with van der Waals surface area (Å²) in [5.41, 5.74) is 2.73. The Hall–Kier alpha value is -4.42. The minimum absolute atomic E-state index is 0.125. The predicted octanol–water partition coefficient (Wildman–Crippen LogP) is 5.57. The zero-order chi connectivity index (χ0) is 30.1. The molecular weight excluding hydrogens is 570 g/mol. The van der Waals surface area contributed by atoms with Crippen molar-refractivity contribution in [2.75, 3.05) is 19.5 Å². The van der Waals surface area contributed by atoms with Crippen LogP contribution in [0.15, 0.2) is 82.2 Å². The van der Waals surface area contributed by atoms with Crippen molar-refractivity contribution in [3.8, 4) is 22.8 Å². The summed E-state index contributed by atoms with van der Waals surface area (Å²) in [5.74, 6) is 0.109. The van der Waals surface area contributed by atoms with Crippen LogP contribution in [0.4, 0.5) is 0 Å². The molecule has 0 aliphatic heterocycles. The summed E-state index contributed by atoms with van der Waals surface area (Å²) >= 11 is 0. The van der Waals surface area contributed by atoms with Crippen molar-refractivity contribution in [3.63, 3.8) is 0 Å². The van der Waals surface area contributed by atoms with Crippen LogP contribution in [-0.4, -0.2) is 59.2 Å². The fraction of sp³-hybridized carbons (Fsp3) is 0.323. The summed E-state index contributed by atoms with van der Waals surface area (Å²) in [5, 5.41) is 11.9. The minimum atomic E-state index is -3.37. The van der Waals surface area contributed by atoms with Gasteiger partial charge in [-0.2, -0.15) is 4.98 Å². The number of sulfone groups is 1. The Morgan fingerprint density at radius 2 is 1.51 bits per heavy atom. The largest absolute Gasteiger partial charge is 0.385 e. The van der Waals surface area contributed by atoms with E-state index in [1.54, 1.807) is 73.8 Å². The number of carbonyl (C=O) groups excluding carboxylic acids is 1. The smallest absolute Gasteiger partial charge is 0.365 e. The number of unbranched alkanes of at least 4 members (excludes halogenated alkanes) is 6. The van der Waals surface area contributed by atoms with Crippen molar-refractivity contribution in [2.24, 2.45) is 0 Å². The molecule has 43 heavy (non-hydrogen) atoms. The van der Waals surface area contributed by atoms with Crippen molar-refractivity contribution in [1.29, 1.82) is 0 Å². The molecule has 0 spiro atoms. The molecule has 0 unspecified atom stereocenters. The van der Waals surface area contributed by atoms with Gasteiger partial charge in [0, 0.05) is 24.8 Å². The van der Waals surface area contributed by atoms with Crippen LogP contribution >= 0.6 is 0 Å². The summed E-state index contributed by atoms with van der Waals surface area (Å²) < 4.78 is 36.1. The lowest BCUT2D eigenvalue weighted by Gasteiger charge is -2.05. The number of hydrogen-bond acceptors (Lipinski definition) is 10. The van der Waals surface area contributed by atoms with E-state index in [0.29, 0.717) is 40.0 Å². The van der Waals surface area contributed by atoms with E-state index in [4.69, 9.17) is 14.1 Å². The molecule has 0 saturated carbocycles. The molecule has 0 aliphatic rings. The number of ether oxygens (including phenoxy) is 1. The normalized spacial score (nSPS) is 11.7. The first-order valence-electron chi connectivity index (χ1n) is 14.2. The molecule has 0 aliphatic carbocycles. The number of nitrogens with zero attached hydrogens (tertiary/aromatic N) is 5. The Morgan fingerprint density at radius 3 is 2.26 bits per heavy atom. The van der Waals surface area contributed by atoms with Gasteiger partial charge in [0.1, 0.15) is 11.0 Å². The number of carbonyl (C=O) groups is 1. The van der Waals surface area contributed by atoms with E-state index in [-0.39, 0.29) is 16.5 Å². The van der Waals surface area contributed by atoms with E-state index >= 15 is 0 Å². The van der Waals surface area contributed by atoms with Crippen LogP contribution in [0.5, 0.6) is 0 Å². The summed E-state index contributed by atoms with van der Waals surface area (Å²) in [7, 11) is -1.66. The molecule has 2 heterocycles. The van der Waals surface area contributed by atoms with Crippen molar-refractivity contribution < 1.29 is 27.3 Å². The average molecular weight is 604 g/mol. The van der Waals surface area contributed by atoms with E-state index < -0.39 is 15.8 Å². The second kappa shape index (κ2) is 14.2. The van der Waals surface area contributed by atoms with Gasteiger partial charge in [-0.1, -0.05) is 66.4 Å². The predicted molar refractivity (Wildman–Crippen MR) is 160 cm³/mol. The fourth-order valence-electron chi connectivity index (χ4n) is 4.60. The van der Waals surface area contributed by atoms with Gasteiger partial charge in [0.25, 0.3) is 5.89 Å². The molecule has 0 atom stereocenters. The molecule has 224 valence electrons. The monoisotopic (exact) mass is 603 g/mol. The maximum atomic E-state index is 12.8. The summed E-state index contributed by atoms with van der Waals surface area (Å²) in [6.45, 7) is 0.795. The third-order valence-corrected chi connectivity index (χ3v) is 8.83. The van der Waals surface area contributed by atoms with E-state index in [1.165, 1.54) is 0 Å². The van der Waals surface area contributed by atoms with Crippen molar-refractivity contribution >= 4 is 26.8 Å². The van der Waals surface area contributed by atoms with Gasteiger partial charge in [-0.15, -0.1) is 5.10 Å². The van der Waals surface area contributed by atoms with Crippen molar-refractivity contribution in [1.82, 2.24) is 25.3 Å². The number of methoxy groups -OCH3 is 1. The first kappa shape index (κ1) is 30.1. The molecule has 2 aromatic heterocycles. The third-order valence-electron chi connectivity index (χ3n) is 7.02. The molecule has 0 radical (unpaired) electrons. The fourth-order valence-corrected chi connectivity index (χ4v) is 5.98. The van der Waals surface area contributed by atoms with Gasteiger partial charge in [0.2, 0.25) is 5.82 Å². The highest BCUT2D eigenvalue weighted by Crippen LogP contribution is 2.25. The Balaban J connectivity index is 1.14. The summed E-state index contributed by atoms with van der Waals surface area (Å²) in [6.07, 6.45) is 7.05. The Morgan fingerprint density at radius 1 is 0.837 bits per heavy atom. The molecule has 0 amide bonds. The highest BCUT2D eigenvalue weighted by Gasteiger charge is 2.17. The second-order valence-electron chi connectivity index (χ2n) is 10.1. The quantitative estimate of drug-likeness (QED) is 0.110. The molecule has 12 heteroatoms. The number of para-hydroxylation sites is 1. The van der Waals surface area contributed by atoms with Crippen LogP contribution in [0.25, 0.3) is 33.9 Å². The zero-order valence-corrected chi connectivity index (χ0v) is 24.7. The molecular formula is C31H33N5O6S. The van der Waals surface area contributed by atoms with Crippen LogP contribution in [0.2, 0.25) is 0 Å². The Kier molecular flexibility index (Phi) is 9.90. The van der Waals surface area contributed by atoms with Crippen molar-refractivity contribution in [3.05, 3.63) is 78.4 Å². The first-order chi connectivity index (χ1) is 20.9. The van der Waals surface area contributed by atoms with Crippen LogP contribution in [0.1, 0.15) is 55.3 Å². The number of rotatable bonds is 15. The molecule has 0 bridgehead atoms. The first-order valence-corrected chi connectivity index (χ1v) is 15.9. The third kappa shape index (κ3) is 7.70. The molecule has 0 saturated heterocycles. The number of fused-ring (bicyclic) bond motifs is 1. The second-order valence-corrected chi connectivity index (χ2v) is 12.3. The van der Waals surface area contributed by atoms with Crippen molar-refractivity contribution in [2.45, 2.75) is 49.8 Å². The SMILES string of the molecule is COCCCCCCCCCS(=O)(=O)c1ccc(-c2nc(-c3ccc(C(=O)On4nnc5ccccc54)cc3)no2)cc1. The van der Waals surface area contributed by atoms with Gasteiger partial charge in [-0.05, 0) is 66.6 Å². The highest BCUT2D eigenvalue weighted by atomic mass is 32.2. The average Bonchev–Trinajstić information content (AvgIpc) is 3.69. The lowest BCUT2D eigenvalue weighted by Crippen LogP contribution is -2.20. The molecule has 5 aromatic rings. The van der Waals surface area contributed by atoms with Crippen LogP contribution in [0, 0.1) is 0 Å². The molecule has 3 aromatic carbocycles. The molecule has 0 N–H and O–H groups in total. The standard InChI is InChI=1S/C31H33N5O6S/c1-40-21-9-5-3-2-4-6-10-22-43(38,39)26-19-17-24(18-20-26)30-32-29(34-41-30)23-13-15-25(16-14-23)31(37)42-36-28-12-8-7-11-27(28)33-35-36/h7-8,11-20H,2-6,9-10,21-22H2,1H3. The number of hydrogen-bond donors (Lipinski definition) is 0. The summed E-state index contributed by atoms with van der Waals surface area (Å²) in [4.78, 5) is 23.8. The van der Waals surface area contributed by atoms with Gasteiger partial charge in [-0.25, -0.2) is 13.2 Å². The lowest BCUT2D eigenvalue weighted by atomic mass is 10.1. The van der Waals surface area contributed by atoms with Gasteiger partial charge >= 0.3 is 5.97 Å². The van der Waals surface area contributed by atoms with Gasteiger partial charge in [-0.3, -0.25) is 0 Å². The van der Waals surface area contributed by atoms with Crippen LogP contribution in [0.3, 0.4) is 0 Å². The maximum absolute atomic E-state index is 12.8. The van der Waals surface area contributed by atoms with E-state index in [1.807, 2.05) is 6.07 Å². The molecule has 5 rings (SSSR count). The van der Waals surface area contributed by atoms with Crippen LogP contribution in [-0.2, 0) is 14.6 Å². The topological polar surface area (TPSA) is 139 Å². The Labute approximate surface area is 249 Å². The Bertz CT molecular complexity index is 1750. The summed E-state index contributed by atoms with van der Waals surface area (Å²) in [6, 6.07) is 20.2. The van der Waals surface area contributed by atoms with Gasteiger partial charge in [0.05, 0.1) is 16.2 Å². The highest BCUT2D eigenvalue weighted by molar-refractivity contribution is 7.91. The van der Waals surface area contributed by atoms with E-state index in [9.17, 15) is 13.2 Å². The number of benzene rings is 3. The van der Waals surface area contributed by atoms with E-state index in [0.717, 1.165) is 50.0 Å². The number of aromatic nitrogens is 5. The maximum Gasteiger partial charge on any atom is 0.365 e. The molecule has 11 nitrogen and oxygen atoms in total. The van der Waals surface area contributed by atoms with Gasteiger partial charge < -0.3 is 14.1 Å².